The van der Waals surface area contributed by atoms with E-state index in [0.29, 0.717) is 11.3 Å². The molecule has 1 atom stereocenters. The van der Waals surface area contributed by atoms with Crippen LogP contribution >= 0.6 is 15.9 Å². The van der Waals surface area contributed by atoms with Gasteiger partial charge in [-0.3, -0.25) is 4.79 Å². The smallest absolute Gasteiger partial charge is 0.251 e. The third kappa shape index (κ3) is 4.02. The van der Waals surface area contributed by atoms with Crippen LogP contribution in [0.1, 0.15) is 37.0 Å². The zero-order chi connectivity index (χ0) is 13.6. The molecule has 1 aromatic rings. The van der Waals surface area contributed by atoms with Crippen molar-refractivity contribution >= 4 is 21.8 Å². The van der Waals surface area contributed by atoms with Crippen molar-refractivity contribution in [1.29, 1.82) is 0 Å². The molecule has 18 heavy (non-hydrogen) atoms. The molecule has 1 aromatic carbocycles. The zero-order valence-corrected chi connectivity index (χ0v) is 12.7. The molecule has 0 fully saturated rings. The van der Waals surface area contributed by atoms with Crippen molar-refractivity contribution in [2.75, 3.05) is 12.4 Å². The average Bonchev–Trinajstić information content (AvgIpc) is 2.39. The summed E-state index contributed by atoms with van der Waals surface area (Å²) in [6.07, 6.45) is 1.80. The largest absolute Gasteiger partial charge is 0.497 e. The van der Waals surface area contributed by atoms with Gasteiger partial charge in [-0.2, -0.15) is 0 Å². The number of carbonyl (C=O) groups excluding carboxylic acids is 1. The van der Waals surface area contributed by atoms with Crippen LogP contribution in [0, 0.1) is 0 Å². The summed E-state index contributed by atoms with van der Waals surface area (Å²) in [7, 11) is 1.60. The first kappa shape index (κ1) is 15.0. The molecule has 100 valence electrons. The second kappa shape index (κ2) is 6.78. The number of nitrogens with one attached hydrogen (secondary N) is 1. The number of halogens is 1. The van der Waals surface area contributed by atoms with Gasteiger partial charge in [0, 0.05) is 16.4 Å². The van der Waals surface area contributed by atoms with E-state index >= 15 is 0 Å². The SMILES string of the molecule is CCC(C)(CCBr)NC(=O)c1cccc(OC)c1. The number of hydrogen-bond donors (Lipinski definition) is 1. The molecule has 0 aliphatic carbocycles. The number of ether oxygens (including phenoxy) is 1. The van der Waals surface area contributed by atoms with Crippen LogP contribution in [0.4, 0.5) is 0 Å². The van der Waals surface area contributed by atoms with Gasteiger partial charge < -0.3 is 10.1 Å². The molecule has 4 heteroatoms. The summed E-state index contributed by atoms with van der Waals surface area (Å²) in [6, 6.07) is 7.19. The molecule has 1 N–H and O–H groups in total. The van der Waals surface area contributed by atoms with Gasteiger partial charge in [0.05, 0.1) is 7.11 Å². The van der Waals surface area contributed by atoms with Gasteiger partial charge in [0.15, 0.2) is 0 Å². The fourth-order valence-electron chi connectivity index (χ4n) is 1.65. The predicted octanol–water partition coefficient (Wildman–Crippen LogP) is 3.38. The molecular formula is C14H20BrNO2. The highest BCUT2D eigenvalue weighted by Crippen LogP contribution is 2.18. The lowest BCUT2D eigenvalue weighted by atomic mass is 9.95. The maximum absolute atomic E-state index is 12.2. The standard InChI is InChI=1S/C14H20BrNO2/c1-4-14(2,8-9-15)16-13(17)11-6-5-7-12(10-11)18-3/h5-7,10H,4,8-9H2,1-3H3,(H,16,17). The van der Waals surface area contributed by atoms with E-state index in [0.717, 1.165) is 18.2 Å². The van der Waals surface area contributed by atoms with Crippen molar-refractivity contribution in [2.24, 2.45) is 0 Å². The molecule has 3 nitrogen and oxygen atoms in total. The fraction of sp³-hybridized carbons (Fsp3) is 0.500. The summed E-state index contributed by atoms with van der Waals surface area (Å²) in [5.74, 6) is 0.639. The minimum Gasteiger partial charge on any atom is -0.497 e. The molecule has 0 aliphatic rings. The van der Waals surface area contributed by atoms with E-state index in [1.54, 1.807) is 19.2 Å². The first-order chi connectivity index (χ1) is 8.54. The van der Waals surface area contributed by atoms with Crippen LogP contribution in [-0.2, 0) is 0 Å². The summed E-state index contributed by atoms with van der Waals surface area (Å²) in [5, 5.41) is 3.96. The second-order valence-electron chi connectivity index (χ2n) is 4.54. The maximum atomic E-state index is 12.2. The van der Waals surface area contributed by atoms with E-state index in [1.807, 2.05) is 12.1 Å². The average molecular weight is 314 g/mol. The third-order valence-corrected chi connectivity index (χ3v) is 3.57. The van der Waals surface area contributed by atoms with E-state index in [2.05, 4.69) is 35.1 Å². The quantitative estimate of drug-likeness (QED) is 0.818. The minimum absolute atomic E-state index is 0.0563. The van der Waals surface area contributed by atoms with Crippen molar-refractivity contribution in [2.45, 2.75) is 32.2 Å². The predicted molar refractivity (Wildman–Crippen MR) is 77.6 cm³/mol. The van der Waals surface area contributed by atoms with Crippen molar-refractivity contribution in [1.82, 2.24) is 5.32 Å². The van der Waals surface area contributed by atoms with E-state index in [9.17, 15) is 4.79 Å². The fourth-order valence-corrected chi connectivity index (χ4v) is 2.52. The van der Waals surface area contributed by atoms with Crippen LogP contribution in [0.5, 0.6) is 5.75 Å². The summed E-state index contributed by atoms with van der Waals surface area (Å²) in [5.41, 5.74) is 0.451. The molecule has 0 radical (unpaired) electrons. The molecule has 0 aromatic heterocycles. The summed E-state index contributed by atoms with van der Waals surface area (Å²) >= 11 is 3.42. The van der Waals surface area contributed by atoms with Crippen molar-refractivity contribution in [3.05, 3.63) is 29.8 Å². The highest BCUT2D eigenvalue weighted by atomic mass is 79.9. The molecule has 1 rings (SSSR count). The zero-order valence-electron chi connectivity index (χ0n) is 11.1. The van der Waals surface area contributed by atoms with Crippen LogP contribution < -0.4 is 10.1 Å². The molecule has 0 bridgehead atoms. The Morgan fingerprint density at radius 3 is 2.78 bits per heavy atom. The summed E-state index contributed by atoms with van der Waals surface area (Å²) in [4.78, 5) is 12.2. The molecule has 1 unspecified atom stereocenters. The van der Waals surface area contributed by atoms with Gasteiger partial charge in [-0.05, 0) is 38.0 Å². The van der Waals surface area contributed by atoms with Gasteiger partial charge in [-0.1, -0.05) is 28.9 Å². The Labute approximate surface area is 117 Å². The Morgan fingerprint density at radius 2 is 2.22 bits per heavy atom. The van der Waals surface area contributed by atoms with Crippen molar-refractivity contribution in [3.8, 4) is 5.75 Å². The number of amides is 1. The number of alkyl halides is 1. The number of rotatable bonds is 6. The van der Waals surface area contributed by atoms with Crippen LogP contribution in [-0.4, -0.2) is 23.9 Å². The van der Waals surface area contributed by atoms with E-state index in [4.69, 9.17) is 4.74 Å². The topological polar surface area (TPSA) is 38.3 Å². The number of methoxy groups -OCH3 is 1. The Morgan fingerprint density at radius 1 is 1.50 bits per heavy atom. The van der Waals surface area contributed by atoms with Crippen LogP contribution in [0.2, 0.25) is 0 Å². The molecule has 0 saturated heterocycles. The lowest BCUT2D eigenvalue weighted by Gasteiger charge is -2.29. The van der Waals surface area contributed by atoms with E-state index in [-0.39, 0.29) is 11.4 Å². The van der Waals surface area contributed by atoms with Gasteiger partial charge >= 0.3 is 0 Å². The lowest BCUT2D eigenvalue weighted by Crippen LogP contribution is -2.45. The first-order valence-corrected chi connectivity index (χ1v) is 7.19. The van der Waals surface area contributed by atoms with Gasteiger partial charge in [-0.15, -0.1) is 0 Å². The van der Waals surface area contributed by atoms with Crippen molar-refractivity contribution < 1.29 is 9.53 Å². The van der Waals surface area contributed by atoms with E-state index < -0.39 is 0 Å². The second-order valence-corrected chi connectivity index (χ2v) is 5.33. The first-order valence-electron chi connectivity index (χ1n) is 6.07. The lowest BCUT2D eigenvalue weighted by molar-refractivity contribution is 0.0901. The Kier molecular flexibility index (Phi) is 5.66. The monoisotopic (exact) mass is 313 g/mol. The highest BCUT2D eigenvalue weighted by molar-refractivity contribution is 9.09. The van der Waals surface area contributed by atoms with Gasteiger partial charge in [0.1, 0.15) is 5.75 Å². The van der Waals surface area contributed by atoms with Gasteiger partial charge in [0.25, 0.3) is 5.91 Å². The van der Waals surface area contributed by atoms with E-state index in [1.165, 1.54) is 0 Å². The molecule has 0 heterocycles. The molecule has 0 saturated carbocycles. The van der Waals surface area contributed by atoms with Crippen LogP contribution in [0.25, 0.3) is 0 Å². The number of hydrogen-bond acceptors (Lipinski definition) is 2. The molecule has 0 spiro atoms. The number of carbonyl (C=O) groups is 1. The summed E-state index contributed by atoms with van der Waals surface area (Å²) < 4.78 is 5.12. The number of benzene rings is 1. The Balaban J connectivity index is 2.80. The van der Waals surface area contributed by atoms with Gasteiger partial charge in [0.2, 0.25) is 0 Å². The van der Waals surface area contributed by atoms with Crippen LogP contribution in [0.3, 0.4) is 0 Å². The highest BCUT2D eigenvalue weighted by Gasteiger charge is 2.24. The normalized spacial score (nSPS) is 13.8. The third-order valence-electron chi connectivity index (χ3n) is 3.17. The van der Waals surface area contributed by atoms with Gasteiger partial charge in [-0.25, -0.2) is 0 Å². The van der Waals surface area contributed by atoms with Crippen molar-refractivity contribution in [3.63, 3.8) is 0 Å². The van der Waals surface area contributed by atoms with Crippen LogP contribution in [0.15, 0.2) is 24.3 Å². The Hall–Kier alpha value is -1.03. The minimum atomic E-state index is -0.177. The maximum Gasteiger partial charge on any atom is 0.251 e. The summed E-state index contributed by atoms with van der Waals surface area (Å²) in [6.45, 7) is 4.14. The Bertz CT molecular complexity index is 409. The molecule has 1 amide bonds. The molecular weight excluding hydrogens is 294 g/mol. The molecule has 0 aliphatic heterocycles.